The van der Waals surface area contributed by atoms with Gasteiger partial charge in [-0.05, 0) is 24.6 Å². The standard InChI is InChI=1S/C13H11Cl3N2/c1-8(9-3-2-4-11(15)13(9)16)18-12-7-17-6-5-10(12)14/h2-8,18H,1H3. The highest BCUT2D eigenvalue weighted by Gasteiger charge is 2.12. The minimum atomic E-state index is -0.0158. The van der Waals surface area contributed by atoms with E-state index in [2.05, 4.69) is 10.3 Å². The van der Waals surface area contributed by atoms with E-state index >= 15 is 0 Å². The maximum absolute atomic E-state index is 6.17. The summed E-state index contributed by atoms with van der Waals surface area (Å²) in [5, 5.41) is 4.97. The number of benzene rings is 1. The summed E-state index contributed by atoms with van der Waals surface area (Å²) in [6.45, 7) is 1.99. The Balaban J connectivity index is 2.25. The van der Waals surface area contributed by atoms with E-state index in [0.29, 0.717) is 15.1 Å². The fourth-order valence-corrected chi connectivity index (χ4v) is 2.28. The molecule has 0 saturated carbocycles. The summed E-state index contributed by atoms with van der Waals surface area (Å²) in [5.41, 5.74) is 1.69. The van der Waals surface area contributed by atoms with Crippen LogP contribution >= 0.6 is 34.8 Å². The van der Waals surface area contributed by atoms with Crippen LogP contribution in [0.5, 0.6) is 0 Å². The molecule has 1 unspecified atom stereocenters. The number of nitrogens with one attached hydrogen (secondary N) is 1. The zero-order valence-corrected chi connectivity index (χ0v) is 11.9. The fraction of sp³-hybridized carbons (Fsp3) is 0.154. The van der Waals surface area contributed by atoms with Crippen molar-refractivity contribution in [2.45, 2.75) is 13.0 Å². The average molecular weight is 302 g/mol. The van der Waals surface area contributed by atoms with Gasteiger partial charge in [0.15, 0.2) is 0 Å². The molecule has 1 aromatic carbocycles. The van der Waals surface area contributed by atoms with Gasteiger partial charge in [-0.3, -0.25) is 4.98 Å². The van der Waals surface area contributed by atoms with Gasteiger partial charge in [-0.1, -0.05) is 46.9 Å². The first-order valence-electron chi connectivity index (χ1n) is 5.39. The lowest BCUT2D eigenvalue weighted by Crippen LogP contribution is -2.07. The molecule has 1 atom stereocenters. The predicted octanol–water partition coefficient (Wildman–Crippen LogP) is 5.21. The van der Waals surface area contributed by atoms with Crippen LogP contribution in [0.1, 0.15) is 18.5 Å². The third kappa shape index (κ3) is 2.89. The molecular weight excluding hydrogens is 291 g/mol. The van der Waals surface area contributed by atoms with Gasteiger partial charge in [0.1, 0.15) is 0 Å². The molecule has 1 aromatic heterocycles. The van der Waals surface area contributed by atoms with Gasteiger partial charge in [0, 0.05) is 6.20 Å². The first kappa shape index (κ1) is 13.5. The Labute approximate surface area is 121 Å². The highest BCUT2D eigenvalue weighted by Crippen LogP contribution is 2.32. The predicted molar refractivity (Wildman–Crippen MR) is 77.7 cm³/mol. The third-order valence-corrected chi connectivity index (χ3v) is 3.75. The number of anilines is 1. The SMILES string of the molecule is CC(Nc1cnccc1Cl)c1cccc(Cl)c1Cl. The normalized spacial score (nSPS) is 12.2. The molecule has 0 spiro atoms. The molecule has 0 radical (unpaired) electrons. The number of nitrogens with zero attached hydrogens (tertiary/aromatic N) is 1. The van der Waals surface area contributed by atoms with Crippen LogP contribution < -0.4 is 5.32 Å². The number of hydrogen-bond acceptors (Lipinski definition) is 2. The Morgan fingerprint density at radius 3 is 2.61 bits per heavy atom. The highest BCUT2D eigenvalue weighted by molar-refractivity contribution is 6.42. The Hall–Kier alpha value is -0.960. The van der Waals surface area contributed by atoms with Gasteiger partial charge in [-0.2, -0.15) is 0 Å². The van der Waals surface area contributed by atoms with Crippen LogP contribution in [0.2, 0.25) is 15.1 Å². The molecule has 0 aliphatic carbocycles. The van der Waals surface area contributed by atoms with Crippen molar-refractivity contribution in [3.8, 4) is 0 Å². The monoisotopic (exact) mass is 300 g/mol. The Bertz CT molecular complexity index is 558. The van der Waals surface area contributed by atoms with Gasteiger partial charge in [0.25, 0.3) is 0 Å². The van der Waals surface area contributed by atoms with E-state index in [9.17, 15) is 0 Å². The van der Waals surface area contributed by atoms with Crippen LogP contribution in [-0.4, -0.2) is 4.98 Å². The second kappa shape index (κ2) is 5.79. The largest absolute Gasteiger partial charge is 0.376 e. The molecular formula is C13H11Cl3N2. The van der Waals surface area contributed by atoms with E-state index in [1.54, 1.807) is 24.5 Å². The zero-order valence-electron chi connectivity index (χ0n) is 9.62. The van der Waals surface area contributed by atoms with Crippen molar-refractivity contribution in [1.29, 1.82) is 0 Å². The first-order valence-corrected chi connectivity index (χ1v) is 6.53. The van der Waals surface area contributed by atoms with E-state index in [1.807, 2.05) is 19.1 Å². The molecule has 94 valence electrons. The van der Waals surface area contributed by atoms with E-state index in [4.69, 9.17) is 34.8 Å². The molecule has 0 fully saturated rings. The molecule has 1 N–H and O–H groups in total. The van der Waals surface area contributed by atoms with Crippen LogP contribution in [-0.2, 0) is 0 Å². The van der Waals surface area contributed by atoms with Gasteiger partial charge >= 0.3 is 0 Å². The van der Waals surface area contributed by atoms with Crippen molar-refractivity contribution in [3.63, 3.8) is 0 Å². The number of pyridine rings is 1. The maximum atomic E-state index is 6.17. The second-order valence-electron chi connectivity index (χ2n) is 3.86. The summed E-state index contributed by atoms with van der Waals surface area (Å²) in [6.07, 6.45) is 3.32. The topological polar surface area (TPSA) is 24.9 Å². The quantitative estimate of drug-likeness (QED) is 0.841. The minimum Gasteiger partial charge on any atom is -0.376 e. The number of aromatic nitrogens is 1. The Morgan fingerprint density at radius 2 is 1.89 bits per heavy atom. The fourth-order valence-electron chi connectivity index (χ4n) is 1.65. The van der Waals surface area contributed by atoms with Crippen molar-refractivity contribution < 1.29 is 0 Å². The van der Waals surface area contributed by atoms with Crippen molar-refractivity contribution in [2.24, 2.45) is 0 Å². The summed E-state index contributed by atoms with van der Waals surface area (Å²) < 4.78 is 0. The minimum absolute atomic E-state index is 0.0158. The molecule has 0 aliphatic heterocycles. The van der Waals surface area contributed by atoms with Crippen LogP contribution in [0.25, 0.3) is 0 Å². The van der Waals surface area contributed by atoms with Gasteiger partial charge < -0.3 is 5.32 Å². The third-order valence-electron chi connectivity index (χ3n) is 2.59. The van der Waals surface area contributed by atoms with Crippen molar-refractivity contribution in [2.75, 3.05) is 5.32 Å². The highest BCUT2D eigenvalue weighted by atomic mass is 35.5. The van der Waals surface area contributed by atoms with E-state index in [0.717, 1.165) is 11.3 Å². The van der Waals surface area contributed by atoms with Gasteiger partial charge in [0.2, 0.25) is 0 Å². The smallest absolute Gasteiger partial charge is 0.0720 e. The van der Waals surface area contributed by atoms with Crippen LogP contribution in [0.15, 0.2) is 36.7 Å². The van der Waals surface area contributed by atoms with Gasteiger partial charge in [0.05, 0.1) is 33.0 Å². The van der Waals surface area contributed by atoms with Crippen molar-refractivity contribution in [1.82, 2.24) is 4.98 Å². The van der Waals surface area contributed by atoms with Gasteiger partial charge in [-0.25, -0.2) is 0 Å². The van der Waals surface area contributed by atoms with E-state index in [-0.39, 0.29) is 6.04 Å². The summed E-state index contributed by atoms with van der Waals surface area (Å²) in [5.74, 6) is 0. The summed E-state index contributed by atoms with van der Waals surface area (Å²) >= 11 is 18.2. The van der Waals surface area contributed by atoms with E-state index < -0.39 is 0 Å². The zero-order chi connectivity index (χ0) is 13.1. The van der Waals surface area contributed by atoms with Crippen molar-refractivity contribution >= 4 is 40.5 Å². The summed E-state index contributed by atoms with van der Waals surface area (Å²) in [4.78, 5) is 4.03. The molecule has 0 saturated heterocycles. The lowest BCUT2D eigenvalue weighted by Gasteiger charge is -2.18. The molecule has 5 heteroatoms. The molecule has 1 heterocycles. The van der Waals surface area contributed by atoms with Gasteiger partial charge in [-0.15, -0.1) is 0 Å². The lowest BCUT2D eigenvalue weighted by molar-refractivity contribution is 0.883. The summed E-state index contributed by atoms with van der Waals surface area (Å²) in [6, 6.07) is 7.27. The first-order chi connectivity index (χ1) is 8.59. The van der Waals surface area contributed by atoms with Crippen LogP contribution in [0, 0.1) is 0 Å². The average Bonchev–Trinajstić information content (AvgIpc) is 2.35. The maximum Gasteiger partial charge on any atom is 0.0720 e. The number of halogens is 3. The number of hydrogen-bond donors (Lipinski definition) is 1. The Morgan fingerprint density at radius 1 is 1.11 bits per heavy atom. The van der Waals surface area contributed by atoms with Crippen molar-refractivity contribution in [3.05, 3.63) is 57.3 Å². The van der Waals surface area contributed by atoms with Crippen LogP contribution in [0.4, 0.5) is 5.69 Å². The Kier molecular flexibility index (Phi) is 4.33. The number of rotatable bonds is 3. The molecule has 18 heavy (non-hydrogen) atoms. The summed E-state index contributed by atoms with van der Waals surface area (Å²) in [7, 11) is 0. The molecule has 2 nitrogen and oxygen atoms in total. The second-order valence-corrected chi connectivity index (χ2v) is 5.06. The molecule has 2 rings (SSSR count). The molecule has 0 amide bonds. The molecule has 2 aromatic rings. The molecule has 0 bridgehead atoms. The lowest BCUT2D eigenvalue weighted by atomic mass is 10.1. The van der Waals surface area contributed by atoms with Crippen LogP contribution in [0.3, 0.4) is 0 Å². The van der Waals surface area contributed by atoms with E-state index in [1.165, 1.54) is 0 Å². The molecule has 0 aliphatic rings.